The molecule has 7 heteroatoms. The van der Waals surface area contributed by atoms with Crippen LogP contribution in [0.5, 0.6) is 0 Å². The van der Waals surface area contributed by atoms with Crippen LogP contribution in [0.15, 0.2) is 70.4 Å². The summed E-state index contributed by atoms with van der Waals surface area (Å²) in [6.07, 6.45) is 1.74. The Balaban J connectivity index is 1.44. The molecule has 0 amide bonds. The number of oxazole rings is 1. The third-order valence-electron chi connectivity index (χ3n) is 4.58. The summed E-state index contributed by atoms with van der Waals surface area (Å²) >= 11 is 7.50. The molecule has 0 atom stereocenters. The van der Waals surface area contributed by atoms with Gasteiger partial charge in [0.2, 0.25) is 5.89 Å². The Bertz CT molecular complexity index is 1290. The normalized spacial score (nSPS) is 11.5. The summed E-state index contributed by atoms with van der Waals surface area (Å²) in [4.78, 5) is 4.39. The maximum absolute atomic E-state index is 5.95. The molecule has 28 heavy (non-hydrogen) atoms. The van der Waals surface area contributed by atoms with Crippen molar-refractivity contribution in [1.29, 1.82) is 0 Å². The highest BCUT2D eigenvalue weighted by atomic mass is 35.5. The number of rotatable bonds is 4. The molecule has 0 aliphatic carbocycles. The van der Waals surface area contributed by atoms with Crippen LogP contribution in [0, 0.1) is 6.92 Å². The van der Waals surface area contributed by atoms with E-state index in [2.05, 4.69) is 44.7 Å². The van der Waals surface area contributed by atoms with Crippen molar-refractivity contribution in [1.82, 2.24) is 19.6 Å². The number of fused-ring (bicyclic) bond motifs is 3. The highest BCUT2D eigenvalue weighted by Gasteiger charge is 2.13. The molecule has 0 unspecified atom stereocenters. The van der Waals surface area contributed by atoms with Crippen LogP contribution in [0.25, 0.3) is 27.9 Å². The van der Waals surface area contributed by atoms with Gasteiger partial charge in [-0.05, 0) is 48.9 Å². The predicted octanol–water partition coefficient (Wildman–Crippen LogP) is 5.79. The molecule has 0 saturated carbocycles. The van der Waals surface area contributed by atoms with Gasteiger partial charge in [-0.25, -0.2) is 4.98 Å². The Morgan fingerprint density at radius 2 is 1.89 bits per heavy atom. The number of hydrogen-bond donors (Lipinski definition) is 0. The minimum atomic E-state index is 0.566. The van der Waals surface area contributed by atoms with Crippen molar-refractivity contribution in [3.63, 3.8) is 0 Å². The van der Waals surface area contributed by atoms with Crippen LogP contribution in [0.4, 0.5) is 0 Å². The second-order valence-electron chi connectivity index (χ2n) is 6.43. The van der Waals surface area contributed by atoms with Crippen LogP contribution < -0.4 is 0 Å². The summed E-state index contributed by atoms with van der Waals surface area (Å²) in [5.41, 5.74) is 4.07. The van der Waals surface area contributed by atoms with Crippen LogP contribution in [0.2, 0.25) is 5.02 Å². The smallest absolute Gasteiger partial charge is 0.205 e. The van der Waals surface area contributed by atoms with Gasteiger partial charge in [-0.3, -0.25) is 4.40 Å². The topological polar surface area (TPSA) is 56.2 Å². The number of aryl methyl sites for hydroxylation is 1. The Kier molecular flexibility index (Phi) is 4.30. The van der Waals surface area contributed by atoms with Gasteiger partial charge in [0, 0.05) is 16.0 Å². The Morgan fingerprint density at radius 3 is 2.75 bits per heavy atom. The molecule has 0 spiro atoms. The van der Waals surface area contributed by atoms with E-state index in [1.807, 2.05) is 36.4 Å². The molecule has 138 valence electrons. The lowest BCUT2D eigenvalue weighted by Gasteiger charge is -2.06. The molecule has 0 bridgehead atoms. The lowest BCUT2D eigenvalue weighted by molar-refractivity contribution is 0.530. The molecule has 2 aromatic carbocycles. The molecule has 5 aromatic rings. The summed E-state index contributed by atoms with van der Waals surface area (Å²) in [5, 5.41) is 11.4. The fourth-order valence-corrected chi connectivity index (χ4v) is 4.15. The van der Waals surface area contributed by atoms with Crippen molar-refractivity contribution in [3.05, 3.63) is 77.3 Å². The number of aromatic nitrogens is 4. The first-order valence-corrected chi connectivity index (χ1v) is 10.1. The highest BCUT2D eigenvalue weighted by molar-refractivity contribution is 7.98. The summed E-state index contributed by atoms with van der Waals surface area (Å²) < 4.78 is 7.97. The van der Waals surface area contributed by atoms with Crippen molar-refractivity contribution in [3.8, 4) is 11.3 Å². The van der Waals surface area contributed by atoms with Crippen LogP contribution in [0.3, 0.4) is 0 Å². The van der Waals surface area contributed by atoms with E-state index in [9.17, 15) is 0 Å². The maximum atomic E-state index is 5.95. The zero-order valence-corrected chi connectivity index (χ0v) is 16.5. The quantitative estimate of drug-likeness (QED) is 0.353. The second-order valence-corrected chi connectivity index (χ2v) is 7.81. The third kappa shape index (κ3) is 3.04. The van der Waals surface area contributed by atoms with Crippen LogP contribution in [-0.4, -0.2) is 19.6 Å². The Labute approximate surface area is 170 Å². The minimum Gasteiger partial charge on any atom is -0.440 e. The molecular formula is C21H15ClN4OS. The van der Waals surface area contributed by atoms with Crippen LogP contribution >= 0.6 is 23.4 Å². The van der Waals surface area contributed by atoms with Gasteiger partial charge in [0.15, 0.2) is 16.6 Å². The highest BCUT2D eigenvalue weighted by Crippen LogP contribution is 2.29. The predicted molar refractivity (Wildman–Crippen MR) is 112 cm³/mol. The monoisotopic (exact) mass is 406 g/mol. The number of benzene rings is 2. The van der Waals surface area contributed by atoms with Gasteiger partial charge in [-0.1, -0.05) is 41.6 Å². The van der Waals surface area contributed by atoms with E-state index in [0.717, 1.165) is 27.6 Å². The SMILES string of the molecule is Cc1cc2nnc(SCc3ncc(-c4ccc(Cl)cc4)o3)n2c2ccccc12. The average Bonchev–Trinajstić information content (AvgIpc) is 3.34. The van der Waals surface area contributed by atoms with E-state index in [0.29, 0.717) is 16.7 Å². The number of pyridine rings is 1. The number of halogens is 1. The first-order valence-electron chi connectivity index (χ1n) is 8.76. The van der Waals surface area contributed by atoms with E-state index >= 15 is 0 Å². The minimum absolute atomic E-state index is 0.566. The molecule has 3 heterocycles. The molecule has 0 N–H and O–H groups in total. The largest absolute Gasteiger partial charge is 0.440 e. The van der Waals surface area contributed by atoms with Crippen molar-refractivity contribution >= 4 is 39.9 Å². The zero-order valence-electron chi connectivity index (χ0n) is 15.0. The lowest BCUT2D eigenvalue weighted by atomic mass is 10.1. The van der Waals surface area contributed by atoms with Gasteiger partial charge >= 0.3 is 0 Å². The number of thioether (sulfide) groups is 1. The van der Waals surface area contributed by atoms with E-state index in [1.54, 1.807) is 18.0 Å². The third-order valence-corrected chi connectivity index (χ3v) is 5.75. The fraction of sp³-hybridized carbons (Fsp3) is 0.0952. The summed E-state index contributed by atoms with van der Waals surface area (Å²) in [6.45, 7) is 2.09. The maximum Gasteiger partial charge on any atom is 0.205 e. The summed E-state index contributed by atoms with van der Waals surface area (Å²) in [7, 11) is 0. The van der Waals surface area contributed by atoms with Crippen LogP contribution in [-0.2, 0) is 5.75 Å². The molecule has 0 aliphatic rings. The molecule has 5 rings (SSSR count). The van der Waals surface area contributed by atoms with Gasteiger partial charge in [0.25, 0.3) is 0 Å². The molecule has 0 aliphatic heterocycles. The fourth-order valence-electron chi connectivity index (χ4n) is 3.22. The van der Waals surface area contributed by atoms with E-state index in [-0.39, 0.29) is 0 Å². The Morgan fingerprint density at radius 1 is 1.07 bits per heavy atom. The van der Waals surface area contributed by atoms with E-state index in [4.69, 9.17) is 16.0 Å². The van der Waals surface area contributed by atoms with Gasteiger partial charge in [0.05, 0.1) is 17.5 Å². The number of hydrogen-bond acceptors (Lipinski definition) is 5. The van der Waals surface area contributed by atoms with E-state index in [1.165, 1.54) is 10.9 Å². The van der Waals surface area contributed by atoms with Crippen molar-refractivity contribution in [2.45, 2.75) is 17.8 Å². The molecule has 0 radical (unpaired) electrons. The first-order chi connectivity index (χ1) is 13.7. The Hall–Kier alpha value is -2.83. The number of nitrogens with zero attached hydrogens (tertiary/aromatic N) is 4. The summed E-state index contributed by atoms with van der Waals surface area (Å²) in [6, 6.07) is 17.8. The van der Waals surface area contributed by atoms with Crippen molar-refractivity contribution in [2.24, 2.45) is 0 Å². The van der Waals surface area contributed by atoms with Gasteiger partial charge in [-0.15, -0.1) is 10.2 Å². The van der Waals surface area contributed by atoms with Crippen LogP contribution in [0.1, 0.15) is 11.5 Å². The number of para-hydroxylation sites is 1. The molecule has 5 nitrogen and oxygen atoms in total. The molecule has 0 fully saturated rings. The molecular weight excluding hydrogens is 392 g/mol. The first kappa shape index (κ1) is 17.3. The molecule has 3 aromatic heterocycles. The average molecular weight is 407 g/mol. The molecule has 0 saturated heterocycles. The van der Waals surface area contributed by atoms with Gasteiger partial charge in [-0.2, -0.15) is 0 Å². The van der Waals surface area contributed by atoms with Gasteiger partial charge in [0.1, 0.15) is 0 Å². The van der Waals surface area contributed by atoms with Gasteiger partial charge < -0.3 is 4.42 Å². The van der Waals surface area contributed by atoms with E-state index < -0.39 is 0 Å². The van der Waals surface area contributed by atoms with Crippen molar-refractivity contribution in [2.75, 3.05) is 0 Å². The zero-order chi connectivity index (χ0) is 19.1. The lowest BCUT2D eigenvalue weighted by Crippen LogP contribution is -1.93. The standard InChI is InChI=1S/C21H15ClN4OS/c1-13-10-19-24-25-21(26(19)17-5-3-2-4-16(13)17)28-12-20-23-11-18(27-20)14-6-8-15(22)9-7-14/h2-11H,12H2,1H3. The second kappa shape index (κ2) is 6.96. The summed E-state index contributed by atoms with van der Waals surface area (Å²) in [5.74, 6) is 1.93. The van der Waals surface area contributed by atoms with Crippen molar-refractivity contribution < 1.29 is 4.42 Å².